The van der Waals surface area contributed by atoms with E-state index < -0.39 is 0 Å². The Kier molecular flexibility index (Phi) is 10.8. The molecule has 0 bridgehead atoms. The SMILES string of the molecule is C=CCOC(=O)c1ccc(CSC2CC(=O)N2CCOCC(CCCC)c2ccccc2F)cc1. The second-order valence-electron chi connectivity index (χ2n) is 8.58. The number of carbonyl (C=O) groups is 2. The number of β-lactam (4-membered cyclic amide) rings is 1. The van der Waals surface area contributed by atoms with E-state index in [1.807, 2.05) is 29.2 Å². The highest BCUT2D eigenvalue weighted by Crippen LogP contribution is 2.32. The van der Waals surface area contributed by atoms with Crippen LogP contribution in [-0.4, -0.2) is 48.5 Å². The van der Waals surface area contributed by atoms with E-state index in [9.17, 15) is 14.0 Å². The molecule has 0 saturated carbocycles. The third kappa shape index (κ3) is 7.94. The first kappa shape index (κ1) is 27.0. The predicted molar refractivity (Wildman–Crippen MR) is 138 cm³/mol. The molecule has 35 heavy (non-hydrogen) atoms. The molecule has 2 atom stereocenters. The Morgan fingerprint density at radius 2 is 2.03 bits per heavy atom. The van der Waals surface area contributed by atoms with Crippen LogP contribution in [0.1, 0.15) is 60.0 Å². The summed E-state index contributed by atoms with van der Waals surface area (Å²) in [6.45, 7) is 7.26. The molecule has 0 N–H and O–H groups in total. The van der Waals surface area contributed by atoms with Gasteiger partial charge in [0.15, 0.2) is 0 Å². The number of likely N-dealkylation sites (tertiary alicyclic amines) is 1. The maximum atomic E-state index is 14.3. The normalized spacial score (nSPS) is 16.0. The summed E-state index contributed by atoms with van der Waals surface area (Å²) in [5, 5.41) is 0.116. The lowest BCUT2D eigenvalue weighted by Crippen LogP contribution is -2.52. The van der Waals surface area contributed by atoms with Crippen LogP contribution >= 0.6 is 11.8 Å². The molecule has 1 heterocycles. The van der Waals surface area contributed by atoms with Gasteiger partial charge in [-0.25, -0.2) is 9.18 Å². The van der Waals surface area contributed by atoms with Crippen LogP contribution < -0.4 is 0 Å². The second kappa shape index (κ2) is 14.0. The number of rotatable bonds is 15. The van der Waals surface area contributed by atoms with Gasteiger partial charge >= 0.3 is 5.97 Å². The number of ether oxygens (including phenoxy) is 2. The topological polar surface area (TPSA) is 55.8 Å². The Morgan fingerprint density at radius 1 is 1.26 bits per heavy atom. The number of hydrogen-bond donors (Lipinski definition) is 0. The third-order valence-corrected chi connectivity index (χ3v) is 7.33. The van der Waals surface area contributed by atoms with E-state index in [2.05, 4.69) is 13.5 Å². The number of benzene rings is 2. The van der Waals surface area contributed by atoms with Gasteiger partial charge in [0.1, 0.15) is 12.4 Å². The van der Waals surface area contributed by atoms with Gasteiger partial charge < -0.3 is 14.4 Å². The van der Waals surface area contributed by atoms with Gasteiger partial charge in [0.05, 0.1) is 30.6 Å². The quantitative estimate of drug-likeness (QED) is 0.131. The number of thioether (sulfide) groups is 1. The monoisotopic (exact) mass is 499 g/mol. The molecule has 2 aromatic rings. The number of carbonyl (C=O) groups excluding carboxylic acids is 2. The van der Waals surface area contributed by atoms with Crippen molar-refractivity contribution in [3.05, 3.63) is 83.7 Å². The van der Waals surface area contributed by atoms with Gasteiger partial charge in [-0.2, -0.15) is 0 Å². The molecule has 2 unspecified atom stereocenters. The number of nitrogens with zero attached hydrogens (tertiary/aromatic N) is 1. The molecule has 5 nitrogen and oxygen atoms in total. The lowest BCUT2D eigenvalue weighted by Gasteiger charge is -2.40. The van der Waals surface area contributed by atoms with E-state index in [4.69, 9.17) is 9.47 Å². The highest BCUT2D eigenvalue weighted by atomic mass is 32.2. The lowest BCUT2D eigenvalue weighted by molar-refractivity contribution is -0.142. The molecule has 0 spiro atoms. The Balaban J connectivity index is 1.42. The zero-order valence-corrected chi connectivity index (χ0v) is 21.1. The summed E-state index contributed by atoms with van der Waals surface area (Å²) >= 11 is 1.70. The first-order valence-electron chi connectivity index (χ1n) is 12.1. The van der Waals surface area contributed by atoms with Crippen molar-refractivity contribution in [3.63, 3.8) is 0 Å². The number of hydrogen-bond acceptors (Lipinski definition) is 5. The smallest absolute Gasteiger partial charge is 0.338 e. The Morgan fingerprint density at radius 3 is 2.71 bits per heavy atom. The van der Waals surface area contributed by atoms with Crippen molar-refractivity contribution < 1.29 is 23.5 Å². The fraction of sp³-hybridized carbons (Fsp3) is 0.429. The van der Waals surface area contributed by atoms with Crippen molar-refractivity contribution in [2.24, 2.45) is 0 Å². The van der Waals surface area contributed by atoms with E-state index in [-0.39, 0.29) is 35.6 Å². The first-order valence-corrected chi connectivity index (χ1v) is 13.2. The van der Waals surface area contributed by atoms with Gasteiger partial charge in [-0.1, -0.05) is 62.8 Å². The molecule has 0 aliphatic carbocycles. The van der Waals surface area contributed by atoms with E-state index in [1.54, 1.807) is 30.0 Å². The summed E-state index contributed by atoms with van der Waals surface area (Å²) in [5.41, 5.74) is 2.29. The minimum Gasteiger partial charge on any atom is -0.458 e. The van der Waals surface area contributed by atoms with Crippen molar-refractivity contribution in [1.82, 2.24) is 4.90 Å². The molecular formula is C28H34FNO4S. The number of unbranched alkanes of at least 4 members (excludes halogenated alkanes) is 1. The highest BCUT2D eigenvalue weighted by Gasteiger charge is 2.35. The Labute approximate surface area is 211 Å². The second-order valence-corrected chi connectivity index (χ2v) is 9.74. The molecule has 1 aliphatic heterocycles. The summed E-state index contributed by atoms with van der Waals surface area (Å²) in [6.07, 6.45) is 5.00. The van der Waals surface area contributed by atoms with Gasteiger partial charge in [0.2, 0.25) is 5.91 Å². The van der Waals surface area contributed by atoms with Gasteiger partial charge in [-0.15, -0.1) is 11.8 Å². The van der Waals surface area contributed by atoms with Crippen molar-refractivity contribution in [3.8, 4) is 0 Å². The molecule has 1 fully saturated rings. The number of halogens is 1. The molecule has 1 amide bonds. The van der Waals surface area contributed by atoms with Crippen molar-refractivity contribution >= 4 is 23.6 Å². The standard InChI is InChI=1S/C28H34FNO4S/c1-3-5-8-23(24-9-6-7-10-25(24)29)19-33-17-15-30-26(31)18-27(30)35-20-21-11-13-22(14-12-21)28(32)34-16-4-2/h4,6-7,9-14,23,27H,2-3,5,8,15-20H2,1H3. The zero-order chi connectivity index (χ0) is 25.0. The minimum absolute atomic E-state index is 0.0189. The molecule has 188 valence electrons. The van der Waals surface area contributed by atoms with Crippen LogP contribution in [0.15, 0.2) is 61.2 Å². The zero-order valence-electron chi connectivity index (χ0n) is 20.3. The summed E-state index contributed by atoms with van der Waals surface area (Å²) in [5.74, 6) is 0.331. The number of amides is 1. The van der Waals surface area contributed by atoms with E-state index in [0.29, 0.717) is 37.3 Å². The van der Waals surface area contributed by atoms with Crippen molar-refractivity contribution in [2.45, 2.75) is 49.7 Å². The van der Waals surface area contributed by atoms with Crippen LogP contribution in [0.25, 0.3) is 0 Å². The third-order valence-electron chi connectivity index (χ3n) is 6.03. The predicted octanol–water partition coefficient (Wildman–Crippen LogP) is 5.95. The average molecular weight is 500 g/mol. The van der Waals surface area contributed by atoms with Crippen LogP contribution in [-0.2, 0) is 20.0 Å². The van der Waals surface area contributed by atoms with Gasteiger partial charge in [0, 0.05) is 18.2 Å². The van der Waals surface area contributed by atoms with Crippen LogP contribution in [0.3, 0.4) is 0 Å². The number of esters is 1. The molecule has 0 aromatic heterocycles. The van der Waals surface area contributed by atoms with E-state index >= 15 is 0 Å². The van der Waals surface area contributed by atoms with E-state index in [0.717, 1.165) is 30.6 Å². The van der Waals surface area contributed by atoms with Gasteiger partial charge in [-0.05, 0) is 35.7 Å². The summed E-state index contributed by atoms with van der Waals surface area (Å²) < 4.78 is 25.2. The molecule has 0 radical (unpaired) electrons. The summed E-state index contributed by atoms with van der Waals surface area (Å²) in [6, 6.07) is 14.2. The molecule has 3 rings (SSSR count). The van der Waals surface area contributed by atoms with Gasteiger partial charge in [0.25, 0.3) is 0 Å². The van der Waals surface area contributed by atoms with Crippen LogP contribution in [0, 0.1) is 5.82 Å². The van der Waals surface area contributed by atoms with Crippen LogP contribution in [0.2, 0.25) is 0 Å². The molecule has 2 aromatic carbocycles. The largest absolute Gasteiger partial charge is 0.458 e. The maximum absolute atomic E-state index is 14.3. The van der Waals surface area contributed by atoms with Crippen molar-refractivity contribution in [2.75, 3.05) is 26.4 Å². The maximum Gasteiger partial charge on any atom is 0.338 e. The minimum atomic E-state index is -0.369. The summed E-state index contributed by atoms with van der Waals surface area (Å²) in [7, 11) is 0. The highest BCUT2D eigenvalue weighted by molar-refractivity contribution is 7.99. The average Bonchev–Trinajstić information content (AvgIpc) is 2.87. The fourth-order valence-corrected chi connectivity index (χ4v) is 5.20. The Bertz CT molecular complexity index is 981. The fourth-order valence-electron chi connectivity index (χ4n) is 3.96. The summed E-state index contributed by atoms with van der Waals surface area (Å²) in [4.78, 5) is 25.9. The molecule has 7 heteroatoms. The molecule has 1 saturated heterocycles. The first-order chi connectivity index (χ1) is 17.0. The molecule has 1 aliphatic rings. The van der Waals surface area contributed by atoms with E-state index in [1.165, 1.54) is 12.1 Å². The van der Waals surface area contributed by atoms with Crippen LogP contribution in [0.4, 0.5) is 4.39 Å². The molecular weight excluding hydrogens is 465 g/mol. The van der Waals surface area contributed by atoms with Crippen LogP contribution in [0.5, 0.6) is 0 Å². The lowest BCUT2D eigenvalue weighted by atomic mass is 9.94. The Hall–Kier alpha value is -2.64. The van der Waals surface area contributed by atoms with Gasteiger partial charge in [-0.3, -0.25) is 4.79 Å². The van der Waals surface area contributed by atoms with Crippen molar-refractivity contribution in [1.29, 1.82) is 0 Å².